The lowest BCUT2D eigenvalue weighted by atomic mass is 9.90. The van der Waals surface area contributed by atoms with Crippen LogP contribution < -0.4 is 9.47 Å². The number of nitrogens with zero attached hydrogens (tertiary/aromatic N) is 4. The van der Waals surface area contributed by atoms with Crippen LogP contribution >= 0.6 is 22.7 Å². The van der Waals surface area contributed by atoms with Gasteiger partial charge >= 0.3 is 22.5 Å². The van der Waals surface area contributed by atoms with Gasteiger partial charge in [0.1, 0.15) is 24.7 Å². The molecule has 8 rings (SSSR count). The average molecular weight is 849 g/mol. The molecule has 57 heavy (non-hydrogen) atoms. The van der Waals surface area contributed by atoms with Crippen molar-refractivity contribution in [2.24, 2.45) is 0 Å². The van der Waals surface area contributed by atoms with Crippen molar-refractivity contribution < 1.29 is 48.8 Å². The van der Waals surface area contributed by atoms with Gasteiger partial charge < -0.3 is 9.47 Å². The summed E-state index contributed by atoms with van der Waals surface area (Å²) < 4.78 is 137. The molecule has 0 radical (unpaired) electrons. The largest absolute Gasteiger partial charge is 0.487 e. The van der Waals surface area contributed by atoms with Crippen LogP contribution in [0.2, 0.25) is 0 Å². The zero-order chi connectivity index (χ0) is 40.1. The third-order valence-electron chi connectivity index (χ3n) is 10.2. The van der Waals surface area contributed by atoms with Crippen LogP contribution in [0.15, 0.2) is 82.4 Å². The first-order chi connectivity index (χ1) is 27.2. The van der Waals surface area contributed by atoms with Crippen molar-refractivity contribution in [1.29, 1.82) is 0 Å². The molecule has 2 atom stereocenters. The molecule has 9 nitrogen and oxygen atoms in total. The summed E-state index contributed by atoms with van der Waals surface area (Å²) in [5.74, 6) is -3.37. The fourth-order valence-electron chi connectivity index (χ4n) is 7.55. The fraction of sp³-hybridized carbons (Fsp3) is 0.333. The van der Waals surface area contributed by atoms with Crippen molar-refractivity contribution in [3.05, 3.63) is 112 Å². The molecule has 0 amide bonds. The van der Waals surface area contributed by atoms with Crippen molar-refractivity contribution in [1.82, 2.24) is 19.6 Å². The Labute approximate surface area is 331 Å². The number of fused-ring (bicyclic) bond motifs is 6. The number of thiophene rings is 2. The molecule has 6 heterocycles. The Morgan fingerprint density at radius 2 is 1.19 bits per heavy atom. The molecule has 0 saturated carbocycles. The highest BCUT2D eigenvalue weighted by Gasteiger charge is 2.47. The summed E-state index contributed by atoms with van der Waals surface area (Å²) in [6, 6.07) is 21.0. The molecule has 2 unspecified atom stereocenters. The van der Waals surface area contributed by atoms with E-state index < -0.39 is 44.9 Å². The van der Waals surface area contributed by atoms with Crippen molar-refractivity contribution in [3.8, 4) is 32.6 Å². The summed E-state index contributed by atoms with van der Waals surface area (Å²) in [6.45, 7) is -0.103. The maximum atomic E-state index is 14.9. The number of benzene rings is 2. The molecule has 0 spiro atoms. The summed E-state index contributed by atoms with van der Waals surface area (Å²) in [4.78, 5) is 0.907. The number of hydrogen-bond donors (Lipinski definition) is 1. The molecule has 4 aromatic heterocycles. The third kappa shape index (κ3) is 7.96. The van der Waals surface area contributed by atoms with Gasteiger partial charge in [0.2, 0.25) is 0 Å². The van der Waals surface area contributed by atoms with Crippen LogP contribution in [-0.4, -0.2) is 44.9 Å². The van der Waals surface area contributed by atoms with Crippen molar-refractivity contribution >= 4 is 32.8 Å². The maximum Gasteiger partial charge on any atom is 0.397 e. The van der Waals surface area contributed by atoms with Gasteiger partial charge in [-0.15, -0.1) is 22.7 Å². The number of rotatable bonds is 13. The lowest BCUT2D eigenvalue weighted by Gasteiger charge is -2.22. The number of hydrogen-bond acceptors (Lipinski definition) is 8. The Balaban J connectivity index is 1.04. The van der Waals surface area contributed by atoms with E-state index in [0.29, 0.717) is 33.2 Å². The highest BCUT2D eigenvalue weighted by molar-refractivity contribution is 7.88. The van der Waals surface area contributed by atoms with E-state index in [-0.39, 0.29) is 85.3 Å². The van der Waals surface area contributed by atoms with Crippen LogP contribution in [-0.2, 0) is 36.4 Å². The van der Waals surface area contributed by atoms with Crippen LogP contribution in [0.25, 0.3) is 21.1 Å². The number of ether oxygens (including phenoxy) is 2. The third-order valence-corrected chi connectivity index (χ3v) is 13.5. The van der Waals surface area contributed by atoms with Gasteiger partial charge in [0.15, 0.2) is 4.21 Å². The van der Waals surface area contributed by atoms with Crippen LogP contribution in [0.3, 0.4) is 0 Å². The monoisotopic (exact) mass is 848 g/mol. The first-order valence-corrected chi connectivity index (χ1v) is 21.2. The molecule has 0 aliphatic carbocycles. The van der Waals surface area contributed by atoms with Crippen molar-refractivity contribution in [3.63, 3.8) is 0 Å². The lowest BCUT2D eigenvalue weighted by molar-refractivity contribution is -0.153. The summed E-state index contributed by atoms with van der Waals surface area (Å²) in [5, 5.41) is 10.8. The predicted molar refractivity (Wildman–Crippen MR) is 201 cm³/mol. The number of alkyl halides is 6. The molecule has 0 fully saturated rings. The van der Waals surface area contributed by atoms with Gasteiger partial charge in [0, 0.05) is 17.2 Å². The molecular formula is C39H34F6N4O5S3. The quantitative estimate of drug-likeness (QED) is 0.0700. The van der Waals surface area contributed by atoms with Crippen molar-refractivity contribution in [2.45, 2.75) is 86.8 Å². The minimum atomic E-state index is -4.77. The second-order valence-electron chi connectivity index (χ2n) is 14.0. The van der Waals surface area contributed by atoms with E-state index >= 15 is 0 Å². The summed E-state index contributed by atoms with van der Waals surface area (Å²) >= 11 is 2.02. The van der Waals surface area contributed by atoms with Crippen molar-refractivity contribution in [2.75, 3.05) is 0 Å². The molecule has 300 valence electrons. The highest BCUT2D eigenvalue weighted by atomic mass is 32.3. The Kier molecular flexibility index (Phi) is 10.5. The first-order valence-electron chi connectivity index (χ1n) is 18.0. The summed E-state index contributed by atoms with van der Waals surface area (Å²) in [5.41, 5.74) is 2.48. The Morgan fingerprint density at radius 3 is 1.68 bits per heavy atom. The van der Waals surface area contributed by atoms with Gasteiger partial charge in [0.25, 0.3) is 0 Å². The lowest BCUT2D eigenvalue weighted by Crippen LogP contribution is -2.24. The Bertz CT molecular complexity index is 2490. The zero-order valence-corrected chi connectivity index (χ0v) is 32.3. The fourth-order valence-corrected chi connectivity index (χ4v) is 10.3. The first kappa shape index (κ1) is 39.2. The van der Waals surface area contributed by atoms with E-state index in [0.717, 1.165) is 17.2 Å². The van der Waals surface area contributed by atoms with Crippen LogP contribution in [0.4, 0.5) is 26.3 Å². The number of aromatic nitrogens is 4. The van der Waals surface area contributed by atoms with Gasteiger partial charge in [-0.05, 0) is 35.4 Å². The molecular weight excluding hydrogens is 815 g/mol. The molecule has 2 aromatic carbocycles. The Hall–Kier alpha value is -4.65. The normalized spacial score (nSPS) is 14.9. The minimum absolute atomic E-state index is 0.0131. The molecule has 0 saturated heterocycles. The second kappa shape index (κ2) is 15.3. The SMILES string of the molecule is O=S(=O)(O)c1cc2c(s1)-c1c(c(C(CCCCCC(c3nn(Cc4ccccc4)c4c3COc3ccsc3-4)C(F)(F)F)C(F)(F)F)nn1Cc1ccccc1)CO2. The molecule has 0 bridgehead atoms. The molecule has 18 heteroatoms. The van der Waals surface area contributed by atoms with E-state index in [4.69, 9.17) is 9.47 Å². The molecule has 6 aromatic rings. The predicted octanol–water partition coefficient (Wildman–Crippen LogP) is 10.6. The highest BCUT2D eigenvalue weighted by Crippen LogP contribution is 2.51. The summed E-state index contributed by atoms with van der Waals surface area (Å²) in [6.07, 6.45) is -10.2. The number of halogens is 6. The standard InChI is InChI=1S/C39H34F6N4O5S3/c40-38(41,42)27(32-25-21-53-29-16-17-55-36(29)34(25)48(46-32)19-23-10-4-1-5-11-23)14-8-3-9-15-28(39(43,44)45)33-26-22-54-30-18-31(57(50,51)52)56-37(30)35(26)49(47-33)20-24-12-6-2-7-13-24/h1-2,4-7,10-13,16-18,27-28H,3,8-9,14-15,19-22H2,(H,50,51,52). The average Bonchev–Trinajstić information content (AvgIpc) is 3.95. The van der Waals surface area contributed by atoms with Gasteiger partial charge in [0.05, 0.1) is 57.5 Å². The molecule has 1 N–H and O–H groups in total. The van der Waals surface area contributed by atoms with Crippen LogP contribution in [0.5, 0.6) is 11.5 Å². The topological polar surface area (TPSA) is 108 Å². The second-order valence-corrected chi connectivity index (χ2v) is 17.6. The van der Waals surface area contributed by atoms with E-state index in [2.05, 4.69) is 10.2 Å². The Morgan fingerprint density at radius 1 is 0.702 bits per heavy atom. The van der Waals surface area contributed by atoms with E-state index in [1.54, 1.807) is 41.1 Å². The minimum Gasteiger partial charge on any atom is -0.487 e. The summed E-state index contributed by atoms with van der Waals surface area (Å²) in [7, 11) is -4.63. The van der Waals surface area contributed by atoms with E-state index in [9.17, 15) is 39.3 Å². The zero-order valence-electron chi connectivity index (χ0n) is 29.9. The molecule has 2 aliphatic rings. The molecule has 2 aliphatic heterocycles. The van der Waals surface area contributed by atoms with E-state index in [1.165, 1.54) is 16.0 Å². The van der Waals surface area contributed by atoms with Gasteiger partial charge in [-0.1, -0.05) is 79.9 Å². The van der Waals surface area contributed by atoms with Gasteiger partial charge in [-0.25, -0.2) is 0 Å². The maximum absolute atomic E-state index is 14.9. The van der Waals surface area contributed by atoms with Crippen LogP contribution in [0, 0.1) is 0 Å². The van der Waals surface area contributed by atoms with E-state index in [1.807, 2.05) is 35.7 Å². The smallest absolute Gasteiger partial charge is 0.397 e. The number of unbranched alkanes of at least 4 members (excludes halogenated alkanes) is 2. The van der Waals surface area contributed by atoms with Gasteiger partial charge in [-0.2, -0.15) is 45.0 Å². The van der Waals surface area contributed by atoms with Crippen LogP contribution in [0.1, 0.15) is 77.6 Å². The van der Waals surface area contributed by atoms with Gasteiger partial charge in [-0.3, -0.25) is 13.9 Å².